The summed E-state index contributed by atoms with van der Waals surface area (Å²) in [5.74, 6) is 0. The smallest absolute Gasteiger partial charge is 0.159 e. The molecule has 80 valence electrons. The quantitative estimate of drug-likeness (QED) is 0.521. The molecule has 0 saturated heterocycles. The van der Waals surface area contributed by atoms with Crippen molar-refractivity contribution in [2.24, 2.45) is 11.5 Å². The van der Waals surface area contributed by atoms with Crippen molar-refractivity contribution in [2.45, 2.75) is 31.2 Å². The van der Waals surface area contributed by atoms with Crippen LogP contribution in [0.5, 0.6) is 0 Å². The van der Waals surface area contributed by atoms with Crippen LogP contribution in [-0.4, -0.2) is 31.5 Å². The van der Waals surface area contributed by atoms with Gasteiger partial charge < -0.3 is 20.9 Å². The van der Waals surface area contributed by atoms with Gasteiger partial charge >= 0.3 is 0 Å². The van der Waals surface area contributed by atoms with Gasteiger partial charge in [0.2, 0.25) is 0 Å². The summed E-state index contributed by atoms with van der Waals surface area (Å²) in [5, 5.41) is 0.910. The van der Waals surface area contributed by atoms with E-state index in [0.29, 0.717) is 6.42 Å². The molecular formula is C8H19BrN2O2. The lowest BCUT2D eigenvalue weighted by molar-refractivity contribution is -0.116. The number of alkyl halides is 1. The molecule has 0 rings (SSSR count). The van der Waals surface area contributed by atoms with Crippen LogP contribution in [0.25, 0.3) is 0 Å². The van der Waals surface area contributed by atoms with Crippen molar-refractivity contribution in [2.75, 3.05) is 19.5 Å². The van der Waals surface area contributed by atoms with Crippen LogP contribution in [0.1, 0.15) is 19.3 Å². The van der Waals surface area contributed by atoms with Gasteiger partial charge in [0.1, 0.15) is 0 Å². The molecule has 0 bridgehead atoms. The van der Waals surface area contributed by atoms with Gasteiger partial charge in [0.25, 0.3) is 0 Å². The van der Waals surface area contributed by atoms with Crippen LogP contribution >= 0.6 is 15.9 Å². The second-order valence-corrected chi connectivity index (χ2v) is 3.92. The van der Waals surface area contributed by atoms with Crippen LogP contribution < -0.4 is 11.5 Å². The molecule has 0 atom stereocenters. The lowest BCUT2D eigenvalue weighted by Crippen LogP contribution is -2.52. The van der Waals surface area contributed by atoms with Gasteiger partial charge in [-0.15, -0.1) is 0 Å². The highest BCUT2D eigenvalue weighted by Crippen LogP contribution is 2.13. The SMILES string of the molecule is COC(CC(N)(N)CCCBr)OC. The maximum absolute atomic E-state index is 5.85. The molecule has 0 fully saturated rings. The van der Waals surface area contributed by atoms with E-state index in [-0.39, 0.29) is 6.29 Å². The first-order chi connectivity index (χ1) is 6.05. The lowest BCUT2D eigenvalue weighted by Gasteiger charge is -2.27. The zero-order valence-corrected chi connectivity index (χ0v) is 9.84. The number of hydrogen-bond donors (Lipinski definition) is 2. The van der Waals surface area contributed by atoms with Crippen LogP contribution in [0.2, 0.25) is 0 Å². The number of ether oxygens (including phenoxy) is 2. The predicted molar refractivity (Wildman–Crippen MR) is 56.6 cm³/mol. The summed E-state index contributed by atoms with van der Waals surface area (Å²) < 4.78 is 10.0. The predicted octanol–water partition coefficient (Wildman–Crippen LogP) is 0.784. The van der Waals surface area contributed by atoms with E-state index in [1.807, 2.05) is 0 Å². The molecular weight excluding hydrogens is 236 g/mol. The minimum atomic E-state index is -0.704. The van der Waals surface area contributed by atoms with E-state index in [0.717, 1.165) is 18.2 Å². The van der Waals surface area contributed by atoms with Crippen molar-refractivity contribution >= 4 is 15.9 Å². The maximum atomic E-state index is 5.85. The fraction of sp³-hybridized carbons (Fsp3) is 1.00. The van der Waals surface area contributed by atoms with E-state index in [1.54, 1.807) is 14.2 Å². The van der Waals surface area contributed by atoms with E-state index in [4.69, 9.17) is 20.9 Å². The number of methoxy groups -OCH3 is 2. The van der Waals surface area contributed by atoms with E-state index in [1.165, 1.54) is 0 Å². The topological polar surface area (TPSA) is 70.5 Å². The van der Waals surface area contributed by atoms with Crippen molar-refractivity contribution in [1.29, 1.82) is 0 Å². The van der Waals surface area contributed by atoms with Gasteiger partial charge in [-0.3, -0.25) is 0 Å². The third-order valence-electron chi connectivity index (χ3n) is 1.85. The summed E-state index contributed by atoms with van der Waals surface area (Å²) in [6, 6.07) is 0. The van der Waals surface area contributed by atoms with Gasteiger partial charge in [-0.05, 0) is 12.8 Å². The van der Waals surface area contributed by atoms with Crippen molar-refractivity contribution in [3.63, 3.8) is 0 Å². The number of halogens is 1. The van der Waals surface area contributed by atoms with E-state index >= 15 is 0 Å². The highest BCUT2D eigenvalue weighted by Gasteiger charge is 2.23. The molecule has 0 spiro atoms. The highest BCUT2D eigenvalue weighted by atomic mass is 79.9. The monoisotopic (exact) mass is 254 g/mol. The largest absolute Gasteiger partial charge is 0.356 e. The van der Waals surface area contributed by atoms with Crippen LogP contribution in [0.15, 0.2) is 0 Å². The first-order valence-corrected chi connectivity index (χ1v) is 5.37. The summed E-state index contributed by atoms with van der Waals surface area (Å²) in [7, 11) is 3.16. The van der Waals surface area contributed by atoms with Gasteiger partial charge in [-0.2, -0.15) is 0 Å². The Morgan fingerprint density at radius 3 is 2.23 bits per heavy atom. The van der Waals surface area contributed by atoms with Crippen LogP contribution in [0.4, 0.5) is 0 Å². The molecule has 0 saturated carbocycles. The molecule has 13 heavy (non-hydrogen) atoms. The molecule has 5 heteroatoms. The van der Waals surface area contributed by atoms with E-state index in [2.05, 4.69) is 15.9 Å². The molecule has 0 unspecified atom stereocenters. The summed E-state index contributed by atoms with van der Waals surface area (Å²) in [6.07, 6.45) is 1.90. The van der Waals surface area contributed by atoms with Crippen molar-refractivity contribution < 1.29 is 9.47 Å². The Bertz CT molecular complexity index is 129. The van der Waals surface area contributed by atoms with Gasteiger partial charge in [-0.25, -0.2) is 0 Å². The Balaban J connectivity index is 3.83. The molecule has 0 aromatic rings. The van der Waals surface area contributed by atoms with Crippen molar-refractivity contribution in [1.82, 2.24) is 0 Å². The Morgan fingerprint density at radius 2 is 1.85 bits per heavy atom. The fourth-order valence-corrected chi connectivity index (χ4v) is 1.35. The van der Waals surface area contributed by atoms with Crippen molar-refractivity contribution in [3.05, 3.63) is 0 Å². The average molecular weight is 255 g/mol. The molecule has 0 aliphatic heterocycles. The summed E-state index contributed by atoms with van der Waals surface area (Å²) in [4.78, 5) is 0. The minimum Gasteiger partial charge on any atom is -0.356 e. The first kappa shape index (κ1) is 13.3. The molecule has 4 nitrogen and oxygen atoms in total. The summed E-state index contributed by atoms with van der Waals surface area (Å²) in [5.41, 5.74) is 11.0. The molecule has 0 amide bonds. The Labute approximate surface area is 88.1 Å². The molecule has 0 radical (unpaired) electrons. The third kappa shape index (κ3) is 6.40. The summed E-state index contributed by atoms with van der Waals surface area (Å²) >= 11 is 3.33. The van der Waals surface area contributed by atoms with Gasteiger partial charge in [0.15, 0.2) is 6.29 Å². The molecule has 0 aromatic carbocycles. The van der Waals surface area contributed by atoms with Gasteiger partial charge in [0.05, 0.1) is 5.66 Å². The Hall–Kier alpha value is 0.320. The fourth-order valence-electron chi connectivity index (χ4n) is 1.07. The van der Waals surface area contributed by atoms with Gasteiger partial charge in [0, 0.05) is 26.0 Å². The van der Waals surface area contributed by atoms with Crippen LogP contribution in [-0.2, 0) is 9.47 Å². The highest BCUT2D eigenvalue weighted by molar-refractivity contribution is 9.09. The molecule has 0 aliphatic rings. The minimum absolute atomic E-state index is 0.315. The summed E-state index contributed by atoms with van der Waals surface area (Å²) in [6.45, 7) is 0. The number of nitrogens with two attached hydrogens (primary N) is 2. The average Bonchev–Trinajstić information content (AvgIpc) is 2.11. The second-order valence-electron chi connectivity index (χ2n) is 3.13. The number of rotatable bonds is 7. The standard InChI is InChI=1S/C8H19BrN2O2/c1-12-7(13-2)6-8(10,11)4-3-5-9/h7H,3-6,10-11H2,1-2H3. The van der Waals surface area contributed by atoms with Crippen LogP contribution in [0.3, 0.4) is 0 Å². The zero-order valence-electron chi connectivity index (χ0n) is 8.25. The second kappa shape index (κ2) is 6.73. The van der Waals surface area contributed by atoms with E-state index in [9.17, 15) is 0 Å². The van der Waals surface area contributed by atoms with E-state index < -0.39 is 5.66 Å². The van der Waals surface area contributed by atoms with Crippen LogP contribution in [0, 0.1) is 0 Å². The molecule has 4 N–H and O–H groups in total. The maximum Gasteiger partial charge on any atom is 0.159 e. The zero-order chi connectivity index (χ0) is 10.3. The third-order valence-corrected chi connectivity index (χ3v) is 2.41. The van der Waals surface area contributed by atoms with Gasteiger partial charge in [-0.1, -0.05) is 15.9 Å². The normalized spacial score (nSPS) is 12.5. The first-order valence-electron chi connectivity index (χ1n) is 4.25. The Morgan fingerprint density at radius 1 is 1.31 bits per heavy atom. The lowest BCUT2D eigenvalue weighted by atomic mass is 10.0. The molecule has 0 aromatic heterocycles. The number of hydrogen-bond acceptors (Lipinski definition) is 4. The molecule has 0 aliphatic carbocycles. The van der Waals surface area contributed by atoms with Crippen molar-refractivity contribution in [3.8, 4) is 0 Å². The Kier molecular flexibility index (Phi) is 6.89. The molecule has 0 heterocycles.